The predicted molar refractivity (Wildman–Crippen MR) is 116 cm³/mol. The number of anilines is 1. The van der Waals surface area contributed by atoms with E-state index in [4.69, 9.17) is 9.47 Å². The maximum absolute atomic E-state index is 12.4. The van der Waals surface area contributed by atoms with Crippen LogP contribution in [0.3, 0.4) is 0 Å². The highest BCUT2D eigenvalue weighted by molar-refractivity contribution is 7.13. The van der Waals surface area contributed by atoms with Crippen molar-refractivity contribution in [3.8, 4) is 21.9 Å². The summed E-state index contributed by atoms with van der Waals surface area (Å²) in [7, 11) is 1.58. The van der Waals surface area contributed by atoms with Crippen LogP contribution in [-0.2, 0) is 4.79 Å². The van der Waals surface area contributed by atoms with E-state index < -0.39 is 0 Å². The van der Waals surface area contributed by atoms with Crippen molar-refractivity contribution >= 4 is 29.0 Å². The molecule has 2 aromatic carbocycles. The fraction of sp³-hybridized carbons (Fsp3) is 0.0870. The third kappa shape index (κ3) is 4.90. The molecule has 28 heavy (non-hydrogen) atoms. The second-order valence-corrected chi connectivity index (χ2v) is 6.80. The van der Waals surface area contributed by atoms with Crippen molar-refractivity contribution in [2.24, 2.45) is 0 Å². The Hall–Kier alpha value is -3.31. The first-order valence-corrected chi connectivity index (χ1v) is 9.63. The first-order valence-electron chi connectivity index (χ1n) is 8.75. The molecule has 0 unspecified atom stereocenters. The van der Waals surface area contributed by atoms with Crippen molar-refractivity contribution in [3.63, 3.8) is 0 Å². The van der Waals surface area contributed by atoms with E-state index in [1.165, 1.54) is 6.08 Å². The lowest BCUT2D eigenvalue weighted by atomic mass is 10.1. The number of ether oxygens (including phenoxy) is 2. The summed E-state index contributed by atoms with van der Waals surface area (Å²) in [6.07, 6.45) is 4.92. The van der Waals surface area contributed by atoms with E-state index in [0.29, 0.717) is 18.1 Å². The first-order chi connectivity index (χ1) is 13.7. The summed E-state index contributed by atoms with van der Waals surface area (Å²) in [4.78, 5) is 13.5. The molecule has 142 valence electrons. The Morgan fingerprint density at radius 3 is 2.75 bits per heavy atom. The molecule has 0 aliphatic carbocycles. The smallest absolute Gasteiger partial charge is 0.248 e. The highest BCUT2D eigenvalue weighted by atomic mass is 32.1. The number of hydrogen-bond acceptors (Lipinski definition) is 4. The molecule has 0 saturated carbocycles. The Kier molecular flexibility index (Phi) is 6.65. The molecular formula is C23H21NO3S. The van der Waals surface area contributed by atoms with Gasteiger partial charge in [0.15, 0.2) is 11.5 Å². The standard InChI is InChI=1S/C23H21NO3S/c1-3-14-27-20-12-10-17(16-21(20)26-2)11-13-23(25)24-19-8-5-4-7-18(19)22-9-6-15-28-22/h3-13,15-16H,1,14H2,2H3,(H,24,25)/b13-11+. The average molecular weight is 391 g/mol. The zero-order valence-corrected chi connectivity index (χ0v) is 16.4. The van der Waals surface area contributed by atoms with Gasteiger partial charge in [0.2, 0.25) is 5.91 Å². The molecule has 0 saturated heterocycles. The lowest BCUT2D eigenvalue weighted by Gasteiger charge is -2.10. The van der Waals surface area contributed by atoms with Crippen LogP contribution in [0.15, 0.2) is 78.7 Å². The SMILES string of the molecule is C=CCOc1ccc(/C=C/C(=O)Nc2ccccc2-c2cccs2)cc1OC. The van der Waals surface area contributed by atoms with Crippen molar-refractivity contribution in [3.05, 3.63) is 84.3 Å². The van der Waals surface area contributed by atoms with Gasteiger partial charge in [-0.15, -0.1) is 11.3 Å². The van der Waals surface area contributed by atoms with Crippen LogP contribution in [0.4, 0.5) is 5.69 Å². The Balaban J connectivity index is 1.72. The van der Waals surface area contributed by atoms with Gasteiger partial charge in [0.05, 0.1) is 7.11 Å². The van der Waals surface area contributed by atoms with E-state index in [9.17, 15) is 4.79 Å². The molecule has 3 aromatic rings. The normalized spacial score (nSPS) is 10.6. The van der Waals surface area contributed by atoms with Crippen molar-refractivity contribution in [1.82, 2.24) is 0 Å². The number of rotatable bonds is 8. The van der Waals surface area contributed by atoms with E-state index in [2.05, 4.69) is 11.9 Å². The van der Waals surface area contributed by atoms with Gasteiger partial charge in [-0.1, -0.05) is 43.0 Å². The van der Waals surface area contributed by atoms with Gasteiger partial charge in [0.1, 0.15) is 6.61 Å². The molecule has 1 amide bonds. The van der Waals surface area contributed by atoms with Crippen molar-refractivity contribution in [2.45, 2.75) is 0 Å². The molecule has 4 nitrogen and oxygen atoms in total. The van der Waals surface area contributed by atoms with E-state index >= 15 is 0 Å². The Bertz CT molecular complexity index is 977. The summed E-state index contributed by atoms with van der Waals surface area (Å²) in [5.74, 6) is 1.04. The molecule has 3 rings (SSSR count). The number of carbonyl (C=O) groups is 1. The molecule has 1 heterocycles. The second-order valence-electron chi connectivity index (χ2n) is 5.86. The van der Waals surface area contributed by atoms with E-state index in [1.807, 2.05) is 60.0 Å². The molecule has 0 aliphatic heterocycles. The summed E-state index contributed by atoms with van der Waals surface area (Å²) in [5.41, 5.74) is 2.62. The third-order valence-corrected chi connectivity index (χ3v) is 4.85. The van der Waals surface area contributed by atoms with Crippen molar-refractivity contribution < 1.29 is 14.3 Å². The minimum Gasteiger partial charge on any atom is -0.493 e. The lowest BCUT2D eigenvalue weighted by Crippen LogP contribution is -2.08. The number of carbonyl (C=O) groups excluding carboxylic acids is 1. The van der Waals surface area contributed by atoms with Crippen LogP contribution in [0.5, 0.6) is 11.5 Å². The van der Waals surface area contributed by atoms with Gasteiger partial charge in [-0.25, -0.2) is 0 Å². The minimum absolute atomic E-state index is 0.199. The topological polar surface area (TPSA) is 47.6 Å². The summed E-state index contributed by atoms with van der Waals surface area (Å²) in [6, 6.07) is 17.3. The molecule has 1 aromatic heterocycles. The second kappa shape index (κ2) is 9.58. The quantitative estimate of drug-likeness (QED) is 0.399. The highest BCUT2D eigenvalue weighted by Gasteiger charge is 2.08. The fourth-order valence-electron chi connectivity index (χ4n) is 2.64. The van der Waals surface area contributed by atoms with Gasteiger partial charge in [0.25, 0.3) is 0 Å². The fourth-order valence-corrected chi connectivity index (χ4v) is 3.41. The van der Waals surface area contributed by atoms with Gasteiger partial charge in [-0.2, -0.15) is 0 Å². The summed E-state index contributed by atoms with van der Waals surface area (Å²) in [6.45, 7) is 4.03. The van der Waals surface area contributed by atoms with E-state index in [0.717, 1.165) is 21.7 Å². The molecule has 0 bridgehead atoms. The van der Waals surface area contributed by atoms with Crippen LogP contribution < -0.4 is 14.8 Å². The molecule has 0 aliphatic rings. The summed E-state index contributed by atoms with van der Waals surface area (Å²) >= 11 is 1.64. The molecule has 1 N–H and O–H groups in total. The lowest BCUT2D eigenvalue weighted by molar-refractivity contribution is -0.111. The zero-order valence-electron chi connectivity index (χ0n) is 15.6. The van der Waals surface area contributed by atoms with Gasteiger partial charge in [-0.05, 0) is 41.3 Å². The van der Waals surface area contributed by atoms with Crippen LogP contribution >= 0.6 is 11.3 Å². The predicted octanol–water partition coefficient (Wildman–Crippen LogP) is 5.64. The molecular weight excluding hydrogens is 370 g/mol. The minimum atomic E-state index is -0.199. The number of nitrogens with one attached hydrogen (secondary N) is 1. The number of methoxy groups -OCH3 is 1. The van der Waals surface area contributed by atoms with Gasteiger partial charge < -0.3 is 14.8 Å². The Morgan fingerprint density at radius 2 is 2.00 bits per heavy atom. The summed E-state index contributed by atoms with van der Waals surface area (Å²) < 4.78 is 10.9. The number of thiophene rings is 1. The van der Waals surface area contributed by atoms with Crippen LogP contribution in [-0.4, -0.2) is 19.6 Å². The number of benzene rings is 2. The van der Waals surface area contributed by atoms with Crippen molar-refractivity contribution in [2.75, 3.05) is 19.0 Å². The highest BCUT2D eigenvalue weighted by Crippen LogP contribution is 2.31. The van der Waals surface area contributed by atoms with Crippen LogP contribution in [0.25, 0.3) is 16.5 Å². The van der Waals surface area contributed by atoms with E-state index in [-0.39, 0.29) is 5.91 Å². The maximum atomic E-state index is 12.4. The number of amides is 1. The average Bonchev–Trinajstić information content (AvgIpc) is 3.26. The summed E-state index contributed by atoms with van der Waals surface area (Å²) in [5, 5.41) is 4.97. The van der Waals surface area contributed by atoms with Gasteiger partial charge in [0, 0.05) is 22.2 Å². The van der Waals surface area contributed by atoms with Crippen LogP contribution in [0.1, 0.15) is 5.56 Å². The molecule has 0 radical (unpaired) electrons. The largest absolute Gasteiger partial charge is 0.493 e. The zero-order chi connectivity index (χ0) is 19.8. The van der Waals surface area contributed by atoms with Crippen LogP contribution in [0, 0.1) is 0 Å². The molecule has 0 fully saturated rings. The molecule has 0 atom stereocenters. The molecule has 5 heteroatoms. The molecule has 0 spiro atoms. The van der Waals surface area contributed by atoms with E-state index in [1.54, 1.807) is 30.6 Å². The van der Waals surface area contributed by atoms with Crippen molar-refractivity contribution in [1.29, 1.82) is 0 Å². The Morgan fingerprint density at radius 1 is 1.14 bits per heavy atom. The van der Waals surface area contributed by atoms with Gasteiger partial charge in [-0.3, -0.25) is 4.79 Å². The van der Waals surface area contributed by atoms with Crippen LogP contribution in [0.2, 0.25) is 0 Å². The number of para-hydroxylation sites is 1. The maximum Gasteiger partial charge on any atom is 0.248 e. The number of hydrogen-bond donors (Lipinski definition) is 1. The monoisotopic (exact) mass is 391 g/mol. The first kappa shape index (κ1) is 19.5. The third-order valence-electron chi connectivity index (χ3n) is 3.94. The Labute approximate surface area is 168 Å². The van der Waals surface area contributed by atoms with Gasteiger partial charge >= 0.3 is 0 Å².